The van der Waals surface area contributed by atoms with Gasteiger partial charge in [-0.15, -0.1) is 0 Å². The molecule has 3 nitrogen and oxygen atoms in total. The van der Waals surface area contributed by atoms with Crippen molar-refractivity contribution >= 4 is 27.4 Å². The summed E-state index contributed by atoms with van der Waals surface area (Å²) in [5.41, 5.74) is 3.22. The first-order chi connectivity index (χ1) is 12.0. The lowest BCUT2D eigenvalue weighted by molar-refractivity contribution is -0.128. The molecule has 132 valence electrons. The maximum Gasteiger partial charge on any atom is 0.240 e. The number of rotatable bonds is 7. The van der Waals surface area contributed by atoms with Gasteiger partial charge in [-0.3, -0.25) is 4.79 Å². The fourth-order valence-corrected chi connectivity index (χ4v) is 2.74. The minimum absolute atomic E-state index is 0.0635. The molecule has 0 heterocycles. The van der Waals surface area contributed by atoms with Crippen LogP contribution in [-0.2, 0) is 11.3 Å². The van der Waals surface area contributed by atoms with Crippen molar-refractivity contribution in [2.45, 2.75) is 31.6 Å². The molecule has 0 N–H and O–H groups in total. The Kier molecular flexibility index (Phi) is 7.26. The van der Waals surface area contributed by atoms with E-state index in [-0.39, 0.29) is 10.7 Å². The summed E-state index contributed by atoms with van der Waals surface area (Å²) in [7, 11) is 1.65. The van der Waals surface area contributed by atoms with Crippen LogP contribution in [0.5, 0.6) is 5.75 Å². The molecule has 0 aliphatic heterocycles. The number of carbonyl (C=O) groups is 1. The molecule has 0 bridgehead atoms. The van der Waals surface area contributed by atoms with E-state index in [2.05, 4.69) is 15.9 Å². The van der Waals surface area contributed by atoms with E-state index in [1.54, 1.807) is 12.0 Å². The highest BCUT2D eigenvalue weighted by Gasteiger charge is 2.19. The van der Waals surface area contributed by atoms with Crippen LogP contribution in [0, 0.1) is 0 Å². The lowest BCUT2D eigenvalue weighted by Crippen LogP contribution is -2.32. The van der Waals surface area contributed by atoms with Crippen LogP contribution < -0.4 is 4.74 Å². The second-order valence-corrected chi connectivity index (χ2v) is 6.97. The Morgan fingerprint density at radius 3 is 2.36 bits per heavy atom. The normalized spacial score (nSPS) is 12.6. The number of methoxy groups -OCH3 is 1. The Morgan fingerprint density at radius 1 is 1.16 bits per heavy atom. The number of alkyl halides is 1. The highest BCUT2D eigenvalue weighted by Crippen LogP contribution is 2.20. The highest BCUT2D eigenvalue weighted by atomic mass is 79.9. The van der Waals surface area contributed by atoms with Gasteiger partial charge in [0.05, 0.1) is 18.5 Å². The maximum atomic E-state index is 12.8. The zero-order chi connectivity index (χ0) is 18.2. The van der Waals surface area contributed by atoms with Crippen molar-refractivity contribution < 1.29 is 9.53 Å². The lowest BCUT2D eigenvalue weighted by atomic mass is 10.1. The van der Waals surface area contributed by atoms with Crippen LogP contribution in [0.1, 0.15) is 31.4 Å². The zero-order valence-corrected chi connectivity index (χ0v) is 16.5. The number of halogens is 1. The van der Waals surface area contributed by atoms with Gasteiger partial charge in [0.15, 0.2) is 0 Å². The van der Waals surface area contributed by atoms with Crippen LogP contribution >= 0.6 is 15.9 Å². The average Bonchev–Trinajstić information content (AvgIpc) is 2.67. The maximum absolute atomic E-state index is 12.8. The third-order valence-electron chi connectivity index (χ3n) is 4.00. The van der Waals surface area contributed by atoms with Crippen LogP contribution in [0.3, 0.4) is 0 Å². The van der Waals surface area contributed by atoms with Gasteiger partial charge in [-0.1, -0.05) is 65.3 Å². The molecule has 1 unspecified atom stereocenters. The average molecular weight is 402 g/mol. The van der Waals surface area contributed by atoms with Crippen molar-refractivity contribution in [3.8, 4) is 5.75 Å². The van der Waals surface area contributed by atoms with Crippen LogP contribution in [0.15, 0.2) is 60.8 Å². The summed E-state index contributed by atoms with van der Waals surface area (Å²) in [5, 5.41) is 0. The first-order valence-corrected chi connectivity index (χ1v) is 9.28. The van der Waals surface area contributed by atoms with E-state index in [1.807, 2.05) is 74.6 Å². The van der Waals surface area contributed by atoms with Crippen molar-refractivity contribution in [1.82, 2.24) is 4.90 Å². The molecule has 0 saturated carbocycles. The van der Waals surface area contributed by atoms with Crippen LogP contribution in [0.2, 0.25) is 0 Å². The first kappa shape index (κ1) is 19.3. The number of nitrogens with zero attached hydrogens (tertiary/aromatic N) is 1. The molecule has 1 atom stereocenters. The quantitative estimate of drug-likeness (QED) is 0.592. The lowest BCUT2D eigenvalue weighted by Gasteiger charge is -2.22. The molecule has 0 aromatic heterocycles. The van der Waals surface area contributed by atoms with Gasteiger partial charge >= 0.3 is 0 Å². The van der Waals surface area contributed by atoms with Crippen LogP contribution in [0.4, 0.5) is 0 Å². The predicted octanol–water partition coefficient (Wildman–Crippen LogP) is 5.26. The SMILES string of the molecule is CCC(Br)C(=O)N(/C=C(\C)c1ccccc1)Cc1ccc(OC)cc1. The Morgan fingerprint density at radius 2 is 1.80 bits per heavy atom. The molecule has 0 saturated heterocycles. The van der Waals surface area contributed by atoms with Crippen molar-refractivity contribution in [2.75, 3.05) is 7.11 Å². The molecule has 2 rings (SSSR count). The van der Waals surface area contributed by atoms with Crippen LogP contribution in [0.25, 0.3) is 5.57 Å². The van der Waals surface area contributed by atoms with Crippen molar-refractivity contribution in [3.63, 3.8) is 0 Å². The van der Waals surface area contributed by atoms with Gasteiger partial charge in [-0.05, 0) is 42.2 Å². The Bertz CT molecular complexity index is 710. The Hall–Kier alpha value is -2.07. The summed E-state index contributed by atoms with van der Waals surface area (Å²) >= 11 is 3.48. The molecule has 1 amide bonds. The van der Waals surface area contributed by atoms with E-state index in [4.69, 9.17) is 4.74 Å². The number of carbonyl (C=O) groups excluding carboxylic acids is 1. The van der Waals surface area contributed by atoms with E-state index in [0.29, 0.717) is 6.54 Å². The summed E-state index contributed by atoms with van der Waals surface area (Å²) in [6.07, 6.45) is 2.68. The second kappa shape index (κ2) is 9.42. The van der Waals surface area contributed by atoms with Crippen LogP contribution in [-0.4, -0.2) is 22.7 Å². The minimum atomic E-state index is -0.189. The Balaban J connectivity index is 2.27. The fraction of sp³-hybridized carbons (Fsp3) is 0.286. The van der Waals surface area contributed by atoms with Gasteiger partial charge in [-0.25, -0.2) is 0 Å². The van der Waals surface area contributed by atoms with Crippen molar-refractivity contribution in [3.05, 3.63) is 71.9 Å². The van der Waals surface area contributed by atoms with Crippen molar-refractivity contribution in [1.29, 1.82) is 0 Å². The fourth-order valence-electron chi connectivity index (χ4n) is 2.48. The van der Waals surface area contributed by atoms with E-state index < -0.39 is 0 Å². The standard InChI is InChI=1S/C21H24BrNO2/c1-4-20(22)21(24)23(14-16(2)18-8-6-5-7-9-18)15-17-10-12-19(25-3)13-11-17/h5-14,20H,4,15H2,1-3H3/b16-14+. The summed E-state index contributed by atoms with van der Waals surface area (Å²) in [6.45, 7) is 4.55. The molecule has 2 aromatic carbocycles. The Labute approximate surface area is 158 Å². The van der Waals surface area contributed by atoms with Gasteiger partial charge in [0.2, 0.25) is 5.91 Å². The van der Waals surface area contributed by atoms with E-state index in [9.17, 15) is 4.79 Å². The largest absolute Gasteiger partial charge is 0.497 e. The monoisotopic (exact) mass is 401 g/mol. The smallest absolute Gasteiger partial charge is 0.240 e. The molecule has 0 aliphatic carbocycles. The van der Waals surface area contributed by atoms with Gasteiger partial charge in [0.1, 0.15) is 5.75 Å². The first-order valence-electron chi connectivity index (χ1n) is 8.36. The molecule has 0 spiro atoms. The topological polar surface area (TPSA) is 29.5 Å². The molecular weight excluding hydrogens is 378 g/mol. The zero-order valence-electron chi connectivity index (χ0n) is 14.9. The van der Waals surface area contributed by atoms with Gasteiger partial charge < -0.3 is 9.64 Å². The number of ether oxygens (including phenoxy) is 1. The highest BCUT2D eigenvalue weighted by molar-refractivity contribution is 9.10. The summed E-state index contributed by atoms with van der Waals surface area (Å²) < 4.78 is 5.20. The predicted molar refractivity (Wildman–Crippen MR) is 107 cm³/mol. The van der Waals surface area contributed by atoms with Gasteiger partial charge in [0, 0.05) is 6.20 Å². The molecule has 0 radical (unpaired) electrons. The van der Waals surface area contributed by atoms with Gasteiger partial charge in [-0.2, -0.15) is 0 Å². The summed E-state index contributed by atoms with van der Waals surface area (Å²) in [6, 6.07) is 17.9. The number of amides is 1. The third-order valence-corrected chi connectivity index (χ3v) is 5.04. The molecule has 2 aromatic rings. The summed E-state index contributed by atoms with van der Waals surface area (Å²) in [5.74, 6) is 0.873. The van der Waals surface area contributed by atoms with E-state index in [1.165, 1.54) is 0 Å². The number of hydrogen-bond donors (Lipinski definition) is 0. The van der Waals surface area contributed by atoms with E-state index in [0.717, 1.165) is 28.9 Å². The van der Waals surface area contributed by atoms with E-state index >= 15 is 0 Å². The molecule has 0 aliphatic rings. The molecular formula is C21H24BrNO2. The molecule has 25 heavy (non-hydrogen) atoms. The minimum Gasteiger partial charge on any atom is -0.497 e. The van der Waals surface area contributed by atoms with Gasteiger partial charge in [0.25, 0.3) is 0 Å². The molecule has 4 heteroatoms. The van der Waals surface area contributed by atoms with Crippen molar-refractivity contribution in [2.24, 2.45) is 0 Å². The second-order valence-electron chi connectivity index (χ2n) is 5.87. The summed E-state index contributed by atoms with van der Waals surface area (Å²) in [4.78, 5) is 14.4. The number of hydrogen-bond acceptors (Lipinski definition) is 2. The number of benzene rings is 2. The third kappa shape index (κ3) is 5.46. The molecule has 0 fully saturated rings. The number of allylic oxidation sites excluding steroid dienone is 1.